The average molecular weight is 209 g/mol. The second-order valence-electron chi connectivity index (χ2n) is 4.00. The second kappa shape index (κ2) is 3.72. The second-order valence-corrected chi connectivity index (χ2v) is 4.00. The molecular formula is C11H15NO3. The van der Waals surface area contributed by atoms with Crippen LogP contribution in [0.4, 0.5) is 0 Å². The lowest BCUT2D eigenvalue weighted by Gasteiger charge is -2.37. The van der Waals surface area contributed by atoms with Gasteiger partial charge in [-0.25, -0.2) is 0 Å². The number of β-amino-alcohol motifs (C(OH)–C–C–N with tert-alkyl or cyclic N) is 1. The first-order valence-corrected chi connectivity index (χ1v) is 4.92. The maximum atomic E-state index is 9.94. The van der Waals surface area contributed by atoms with Gasteiger partial charge in [-0.05, 0) is 18.2 Å². The molecule has 2 rings (SSSR count). The van der Waals surface area contributed by atoms with Crippen LogP contribution >= 0.6 is 0 Å². The Hall–Kier alpha value is -1.26. The fraction of sp³-hybridized carbons (Fsp3) is 0.455. The average Bonchev–Trinajstić information content (AvgIpc) is 2.19. The SMILES string of the molecule is COc1ccc(O)c(CC2(O)CNC2)c1. The molecule has 1 aromatic carbocycles. The summed E-state index contributed by atoms with van der Waals surface area (Å²) in [7, 11) is 1.58. The predicted octanol–water partition coefficient (Wildman–Crippen LogP) is 0.278. The lowest BCUT2D eigenvalue weighted by molar-refractivity contribution is -0.00946. The van der Waals surface area contributed by atoms with Gasteiger partial charge in [0.1, 0.15) is 11.5 Å². The number of nitrogens with one attached hydrogen (secondary N) is 1. The van der Waals surface area contributed by atoms with Crippen LogP contribution in [-0.4, -0.2) is 36.0 Å². The van der Waals surface area contributed by atoms with Crippen molar-refractivity contribution in [1.82, 2.24) is 5.32 Å². The molecule has 82 valence electrons. The van der Waals surface area contributed by atoms with Crippen LogP contribution in [0.5, 0.6) is 11.5 Å². The highest BCUT2D eigenvalue weighted by Gasteiger charge is 2.34. The Morgan fingerprint density at radius 1 is 1.47 bits per heavy atom. The molecule has 4 heteroatoms. The summed E-state index contributed by atoms with van der Waals surface area (Å²) in [5.41, 5.74) is 0.00229. The van der Waals surface area contributed by atoms with Gasteiger partial charge in [0, 0.05) is 25.1 Å². The standard InChI is InChI=1S/C11H15NO3/c1-15-9-2-3-10(13)8(4-9)5-11(14)6-12-7-11/h2-4,12-14H,5-7H2,1H3. The first-order valence-electron chi connectivity index (χ1n) is 4.92. The first-order chi connectivity index (χ1) is 7.13. The molecule has 0 unspecified atom stereocenters. The summed E-state index contributed by atoms with van der Waals surface area (Å²) in [4.78, 5) is 0. The molecule has 4 nitrogen and oxygen atoms in total. The predicted molar refractivity (Wildman–Crippen MR) is 56.2 cm³/mol. The van der Waals surface area contributed by atoms with Crippen LogP contribution in [0.15, 0.2) is 18.2 Å². The van der Waals surface area contributed by atoms with E-state index in [1.165, 1.54) is 0 Å². The third-order valence-corrected chi connectivity index (χ3v) is 2.71. The monoisotopic (exact) mass is 209 g/mol. The lowest BCUT2D eigenvalue weighted by Crippen LogP contribution is -2.60. The molecule has 1 heterocycles. The zero-order valence-electron chi connectivity index (χ0n) is 8.66. The van der Waals surface area contributed by atoms with E-state index in [9.17, 15) is 10.2 Å². The van der Waals surface area contributed by atoms with E-state index in [1.54, 1.807) is 25.3 Å². The van der Waals surface area contributed by atoms with E-state index in [1.807, 2.05) is 0 Å². The van der Waals surface area contributed by atoms with Gasteiger partial charge >= 0.3 is 0 Å². The van der Waals surface area contributed by atoms with E-state index in [-0.39, 0.29) is 5.75 Å². The van der Waals surface area contributed by atoms with Crippen molar-refractivity contribution in [3.05, 3.63) is 23.8 Å². The van der Waals surface area contributed by atoms with E-state index in [0.717, 1.165) is 5.56 Å². The Morgan fingerprint density at radius 3 is 2.73 bits per heavy atom. The minimum atomic E-state index is -0.718. The Balaban J connectivity index is 2.19. The van der Waals surface area contributed by atoms with Gasteiger partial charge in [0.2, 0.25) is 0 Å². The summed E-state index contributed by atoms with van der Waals surface area (Å²) in [6.45, 7) is 1.15. The number of hydrogen-bond donors (Lipinski definition) is 3. The van der Waals surface area contributed by atoms with Crippen molar-refractivity contribution in [3.63, 3.8) is 0 Å². The number of phenols is 1. The number of phenolic OH excluding ortho intramolecular Hbond substituents is 1. The maximum absolute atomic E-state index is 9.94. The van der Waals surface area contributed by atoms with Crippen molar-refractivity contribution < 1.29 is 14.9 Å². The Kier molecular flexibility index (Phi) is 2.54. The van der Waals surface area contributed by atoms with Crippen molar-refractivity contribution in [2.45, 2.75) is 12.0 Å². The normalized spacial score (nSPS) is 18.3. The number of aliphatic hydroxyl groups is 1. The quantitative estimate of drug-likeness (QED) is 0.669. The molecule has 1 saturated heterocycles. The molecule has 0 amide bonds. The number of ether oxygens (including phenoxy) is 1. The number of aromatic hydroxyl groups is 1. The molecule has 1 aliphatic heterocycles. The molecule has 1 fully saturated rings. The highest BCUT2D eigenvalue weighted by atomic mass is 16.5. The molecule has 0 aromatic heterocycles. The van der Waals surface area contributed by atoms with Crippen molar-refractivity contribution in [2.75, 3.05) is 20.2 Å². The summed E-state index contributed by atoms with van der Waals surface area (Å²) in [5.74, 6) is 0.898. The number of rotatable bonds is 3. The molecule has 0 aliphatic carbocycles. The van der Waals surface area contributed by atoms with Crippen molar-refractivity contribution in [1.29, 1.82) is 0 Å². The summed E-state index contributed by atoms with van der Waals surface area (Å²) in [6.07, 6.45) is 0.447. The smallest absolute Gasteiger partial charge is 0.119 e. The molecule has 3 N–H and O–H groups in total. The van der Waals surface area contributed by atoms with E-state index in [2.05, 4.69) is 5.32 Å². The Labute approximate surface area is 88.5 Å². The first kappa shape index (κ1) is 10.3. The molecule has 0 atom stereocenters. The van der Waals surface area contributed by atoms with Gasteiger partial charge in [-0.1, -0.05) is 0 Å². The van der Waals surface area contributed by atoms with Crippen molar-refractivity contribution >= 4 is 0 Å². The van der Waals surface area contributed by atoms with Gasteiger partial charge in [-0.2, -0.15) is 0 Å². The third kappa shape index (κ3) is 2.06. The number of benzene rings is 1. The van der Waals surface area contributed by atoms with E-state index in [4.69, 9.17) is 4.74 Å². The van der Waals surface area contributed by atoms with Crippen molar-refractivity contribution in [3.8, 4) is 11.5 Å². The molecule has 0 saturated carbocycles. The fourth-order valence-electron chi connectivity index (χ4n) is 1.72. The number of methoxy groups -OCH3 is 1. The largest absolute Gasteiger partial charge is 0.508 e. The van der Waals surface area contributed by atoms with Gasteiger partial charge in [0.05, 0.1) is 12.7 Å². The van der Waals surface area contributed by atoms with Gasteiger partial charge < -0.3 is 20.3 Å². The van der Waals surface area contributed by atoms with Gasteiger partial charge in [0.25, 0.3) is 0 Å². The minimum Gasteiger partial charge on any atom is -0.508 e. The van der Waals surface area contributed by atoms with Crippen LogP contribution in [0.2, 0.25) is 0 Å². The van der Waals surface area contributed by atoms with E-state index >= 15 is 0 Å². The van der Waals surface area contributed by atoms with E-state index < -0.39 is 5.60 Å². The zero-order chi connectivity index (χ0) is 10.9. The van der Waals surface area contributed by atoms with Crippen molar-refractivity contribution in [2.24, 2.45) is 0 Å². The molecule has 0 spiro atoms. The Bertz CT molecular complexity index is 361. The van der Waals surface area contributed by atoms with Gasteiger partial charge in [-0.15, -0.1) is 0 Å². The van der Waals surface area contributed by atoms with Crippen LogP contribution in [-0.2, 0) is 6.42 Å². The minimum absolute atomic E-state index is 0.205. The molecule has 0 radical (unpaired) electrons. The highest BCUT2D eigenvalue weighted by Crippen LogP contribution is 2.27. The van der Waals surface area contributed by atoms with Crippen LogP contribution in [0.25, 0.3) is 0 Å². The molecule has 1 aromatic rings. The summed E-state index contributed by atoms with van der Waals surface area (Å²) >= 11 is 0. The third-order valence-electron chi connectivity index (χ3n) is 2.71. The summed E-state index contributed by atoms with van der Waals surface area (Å²) in [6, 6.07) is 5.04. The molecule has 0 bridgehead atoms. The van der Waals surface area contributed by atoms with E-state index in [0.29, 0.717) is 25.3 Å². The fourth-order valence-corrected chi connectivity index (χ4v) is 1.72. The topological polar surface area (TPSA) is 61.7 Å². The van der Waals surface area contributed by atoms with Crippen LogP contribution in [0.3, 0.4) is 0 Å². The van der Waals surface area contributed by atoms with Gasteiger partial charge in [0.15, 0.2) is 0 Å². The molecular weight excluding hydrogens is 194 g/mol. The lowest BCUT2D eigenvalue weighted by atomic mass is 9.89. The summed E-state index contributed by atoms with van der Waals surface area (Å²) < 4.78 is 5.07. The number of hydrogen-bond acceptors (Lipinski definition) is 4. The van der Waals surface area contributed by atoms with Crippen LogP contribution < -0.4 is 10.1 Å². The summed E-state index contributed by atoms with van der Waals surface area (Å²) in [5, 5.41) is 22.6. The Morgan fingerprint density at radius 2 is 2.20 bits per heavy atom. The highest BCUT2D eigenvalue weighted by molar-refractivity contribution is 5.40. The van der Waals surface area contributed by atoms with Crippen LogP contribution in [0.1, 0.15) is 5.56 Å². The molecule has 1 aliphatic rings. The zero-order valence-corrected chi connectivity index (χ0v) is 8.66. The molecule has 15 heavy (non-hydrogen) atoms. The maximum Gasteiger partial charge on any atom is 0.119 e. The van der Waals surface area contributed by atoms with Crippen LogP contribution in [0, 0.1) is 0 Å². The van der Waals surface area contributed by atoms with Gasteiger partial charge in [-0.3, -0.25) is 0 Å².